The largest absolute Gasteiger partial charge is 0.481 e. The molecule has 1 saturated carbocycles. The van der Waals surface area contributed by atoms with Crippen LogP contribution in [0, 0.1) is 23.7 Å². The molecule has 4 atom stereocenters. The first-order valence-electron chi connectivity index (χ1n) is 17.9. The number of rotatable bonds is 18. The van der Waals surface area contributed by atoms with Crippen molar-refractivity contribution >= 4 is 23.8 Å². The molecular weight excluding hydrogens is 660 g/mol. The molecule has 0 aliphatic heterocycles. The monoisotopic (exact) mass is 706 g/mol. The van der Waals surface area contributed by atoms with Gasteiger partial charge in [-0.15, -0.1) is 0 Å². The molecular formula is C42H46N2O8. The summed E-state index contributed by atoms with van der Waals surface area (Å²) in [6.45, 7) is 5.09. The zero-order valence-electron chi connectivity index (χ0n) is 29.6. The Morgan fingerprint density at radius 1 is 0.481 bits per heavy atom. The lowest BCUT2D eigenvalue weighted by Gasteiger charge is -2.48. The van der Waals surface area contributed by atoms with E-state index in [-0.39, 0.29) is 13.1 Å². The van der Waals surface area contributed by atoms with Gasteiger partial charge in [0.15, 0.2) is 0 Å². The van der Waals surface area contributed by atoms with Crippen LogP contribution in [0.2, 0.25) is 0 Å². The minimum atomic E-state index is -1.51. The quantitative estimate of drug-likeness (QED) is 0.111. The van der Waals surface area contributed by atoms with Gasteiger partial charge >= 0.3 is 11.9 Å². The SMILES string of the molecule is CCCN(CCc1ccc(Oc2ccccc2)cc1)C(=O)C1C(C(=O)O)C(C(=O)O)C1C(=O)N(CCC)CCc1ccc(Oc2ccccc2)cc1. The first-order valence-corrected chi connectivity index (χ1v) is 17.9. The average molecular weight is 707 g/mol. The Hall–Kier alpha value is -5.64. The number of carboxylic acids is 2. The summed E-state index contributed by atoms with van der Waals surface area (Å²) in [7, 11) is 0. The van der Waals surface area contributed by atoms with Crippen molar-refractivity contribution in [2.75, 3.05) is 26.2 Å². The van der Waals surface area contributed by atoms with E-state index in [2.05, 4.69) is 0 Å². The number of nitrogens with zero attached hydrogens (tertiary/aromatic N) is 2. The first-order chi connectivity index (χ1) is 25.2. The van der Waals surface area contributed by atoms with Gasteiger partial charge in [-0.1, -0.05) is 74.5 Å². The average Bonchev–Trinajstić information content (AvgIpc) is 3.13. The van der Waals surface area contributed by atoms with Gasteiger partial charge in [0.25, 0.3) is 0 Å². The summed E-state index contributed by atoms with van der Waals surface area (Å²) in [6.07, 6.45) is 2.19. The Bertz CT molecular complexity index is 1650. The summed E-state index contributed by atoms with van der Waals surface area (Å²) in [5.74, 6) is -6.59. The molecule has 0 heterocycles. The topological polar surface area (TPSA) is 134 Å². The van der Waals surface area contributed by atoms with Crippen LogP contribution >= 0.6 is 0 Å². The number of hydrogen-bond donors (Lipinski definition) is 2. The Morgan fingerprint density at radius 3 is 1.12 bits per heavy atom. The van der Waals surface area contributed by atoms with Crippen molar-refractivity contribution < 1.29 is 38.9 Å². The minimum Gasteiger partial charge on any atom is -0.481 e. The fourth-order valence-corrected chi connectivity index (χ4v) is 6.83. The van der Waals surface area contributed by atoms with Gasteiger partial charge in [0.05, 0.1) is 23.7 Å². The molecule has 0 radical (unpaired) electrons. The maximum Gasteiger partial charge on any atom is 0.308 e. The fraction of sp³-hybridized carbons (Fsp3) is 0.333. The van der Waals surface area contributed by atoms with E-state index in [1.165, 1.54) is 0 Å². The van der Waals surface area contributed by atoms with Gasteiger partial charge in [0.2, 0.25) is 11.8 Å². The Labute approximate surface area is 304 Å². The van der Waals surface area contributed by atoms with Gasteiger partial charge in [-0.3, -0.25) is 19.2 Å². The highest BCUT2D eigenvalue weighted by Crippen LogP contribution is 2.49. The standard InChI is InChI=1S/C42H46N2O8/c1-3-25-43(27-23-29-15-19-33(20-16-29)51-31-11-7-5-8-12-31)39(45)35-36(38(42(49)50)37(35)41(47)48)40(46)44(26-4-2)28-24-30-17-21-34(22-18-30)52-32-13-9-6-10-14-32/h5-22,35-38H,3-4,23-28H2,1-2H3,(H,47,48)(H,49,50). The normalized spacial score (nSPS) is 17.7. The van der Waals surface area contributed by atoms with E-state index >= 15 is 0 Å². The van der Waals surface area contributed by atoms with Crippen LogP contribution in [0.1, 0.15) is 37.8 Å². The maximum atomic E-state index is 14.2. The molecule has 2 amide bonds. The predicted octanol–water partition coefficient (Wildman–Crippen LogP) is 7.18. The molecule has 0 spiro atoms. The highest BCUT2D eigenvalue weighted by Gasteiger charge is 2.64. The van der Waals surface area contributed by atoms with E-state index in [0.717, 1.165) is 11.1 Å². The molecule has 4 aromatic rings. The second kappa shape index (κ2) is 18.0. The molecule has 1 aliphatic carbocycles. The lowest BCUT2D eigenvalue weighted by atomic mass is 9.55. The number of amides is 2. The summed E-state index contributed by atoms with van der Waals surface area (Å²) in [5, 5.41) is 20.3. The highest BCUT2D eigenvalue weighted by atomic mass is 16.5. The maximum absolute atomic E-state index is 14.2. The van der Waals surface area contributed by atoms with Crippen molar-refractivity contribution in [3.63, 3.8) is 0 Å². The van der Waals surface area contributed by atoms with Gasteiger partial charge < -0.3 is 29.5 Å². The van der Waals surface area contributed by atoms with E-state index in [4.69, 9.17) is 9.47 Å². The van der Waals surface area contributed by atoms with E-state index in [1.807, 2.05) is 123 Å². The zero-order valence-corrected chi connectivity index (χ0v) is 29.6. The molecule has 1 aliphatic rings. The molecule has 0 aromatic heterocycles. The number of benzene rings is 4. The van der Waals surface area contributed by atoms with Crippen molar-refractivity contribution in [2.45, 2.75) is 39.5 Å². The number of para-hydroxylation sites is 2. The van der Waals surface area contributed by atoms with E-state index in [9.17, 15) is 29.4 Å². The number of hydrogen-bond acceptors (Lipinski definition) is 6. The van der Waals surface area contributed by atoms with Crippen LogP contribution in [-0.2, 0) is 32.0 Å². The first kappa shape index (κ1) is 37.6. The van der Waals surface area contributed by atoms with Gasteiger partial charge in [-0.25, -0.2) is 0 Å². The molecule has 10 heteroatoms. The second-order valence-corrected chi connectivity index (χ2v) is 13.0. The highest BCUT2D eigenvalue weighted by molar-refractivity contribution is 5.99. The molecule has 272 valence electrons. The summed E-state index contributed by atoms with van der Waals surface area (Å²) < 4.78 is 11.8. The van der Waals surface area contributed by atoms with Gasteiger partial charge in [0.1, 0.15) is 23.0 Å². The third-order valence-electron chi connectivity index (χ3n) is 9.44. The molecule has 10 nitrogen and oxygen atoms in total. The van der Waals surface area contributed by atoms with E-state index in [0.29, 0.717) is 61.8 Å². The van der Waals surface area contributed by atoms with Crippen LogP contribution in [0.4, 0.5) is 0 Å². The van der Waals surface area contributed by atoms with E-state index in [1.54, 1.807) is 9.80 Å². The van der Waals surface area contributed by atoms with Gasteiger partial charge in [-0.2, -0.15) is 0 Å². The van der Waals surface area contributed by atoms with Crippen LogP contribution < -0.4 is 9.47 Å². The molecule has 0 bridgehead atoms. The van der Waals surface area contributed by atoms with E-state index < -0.39 is 47.4 Å². The van der Waals surface area contributed by atoms with Crippen LogP contribution in [0.5, 0.6) is 23.0 Å². The number of aliphatic carboxylic acids is 2. The Balaban J connectivity index is 1.28. The zero-order chi connectivity index (χ0) is 37.0. The smallest absolute Gasteiger partial charge is 0.308 e. The van der Waals surface area contributed by atoms with Gasteiger partial charge in [-0.05, 0) is 85.3 Å². The molecule has 52 heavy (non-hydrogen) atoms. The lowest BCUT2D eigenvalue weighted by molar-refractivity contribution is -0.187. The molecule has 5 rings (SSSR count). The van der Waals surface area contributed by atoms with Gasteiger partial charge in [0, 0.05) is 26.2 Å². The summed E-state index contributed by atoms with van der Waals surface area (Å²) in [4.78, 5) is 56.5. The Morgan fingerprint density at radius 2 is 0.808 bits per heavy atom. The third kappa shape index (κ3) is 9.37. The summed E-state index contributed by atoms with van der Waals surface area (Å²) in [5.41, 5.74) is 1.89. The Kier molecular flexibility index (Phi) is 13.0. The minimum absolute atomic E-state index is 0.287. The van der Waals surface area contributed by atoms with Crippen molar-refractivity contribution in [2.24, 2.45) is 23.7 Å². The van der Waals surface area contributed by atoms with Crippen molar-refractivity contribution in [1.29, 1.82) is 0 Å². The molecule has 0 saturated heterocycles. The van der Waals surface area contributed by atoms with Crippen molar-refractivity contribution in [3.8, 4) is 23.0 Å². The lowest BCUT2D eigenvalue weighted by Crippen LogP contribution is -2.64. The molecule has 4 unspecified atom stereocenters. The number of ether oxygens (including phenoxy) is 2. The molecule has 2 N–H and O–H groups in total. The van der Waals surface area contributed by atoms with Crippen LogP contribution in [-0.4, -0.2) is 69.9 Å². The van der Waals surface area contributed by atoms with Crippen molar-refractivity contribution in [3.05, 3.63) is 120 Å². The molecule has 1 fully saturated rings. The summed E-state index contributed by atoms with van der Waals surface area (Å²) in [6, 6.07) is 33.9. The molecule has 4 aromatic carbocycles. The number of carbonyl (C=O) groups is 4. The van der Waals surface area contributed by atoms with Crippen molar-refractivity contribution in [1.82, 2.24) is 9.80 Å². The number of carboxylic acid groups (broad SMARTS) is 2. The third-order valence-corrected chi connectivity index (χ3v) is 9.44. The summed E-state index contributed by atoms with van der Waals surface area (Å²) >= 11 is 0. The number of carbonyl (C=O) groups excluding carboxylic acids is 2. The van der Waals surface area contributed by atoms with Crippen LogP contribution in [0.15, 0.2) is 109 Å². The fourth-order valence-electron chi connectivity index (χ4n) is 6.83. The van der Waals surface area contributed by atoms with Crippen LogP contribution in [0.3, 0.4) is 0 Å². The second-order valence-electron chi connectivity index (χ2n) is 13.0. The predicted molar refractivity (Wildman–Crippen MR) is 196 cm³/mol. The van der Waals surface area contributed by atoms with Crippen LogP contribution in [0.25, 0.3) is 0 Å².